The van der Waals surface area contributed by atoms with Gasteiger partial charge in [0.2, 0.25) is 11.8 Å². The average Bonchev–Trinajstić information content (AvgIpc) is 3.04. The molecule has 1 unspecified atom stereocenters. The minimum atomic E-state index is 0.0210. The second-order valence-electron chi connectivity index (χ2n) is 5.76. The molecular formula is C15H22N4O2. The number of aryl methyl sites for hydroxylation is 1. The van der Waals surface area contributed by atoms with Gasteiger partial charge in [0.25, 0.3) is 0 Å². The van der Waals surface area contributed by atoms with Crippen molar-refractivity contribution < 1.29 is 9.59 Å². The van der Waals surface area contributed by atoms with Crippen molar-refractivity contribution in [3.8, 4) is 0 Å². The third-order valence-corrected chi connectivity index (χ3v) is 4.42. The number of nitrogens with zero attached hydrogens (tertiary/aromatic N) is 4. The van der Waals surface area contributed by atoms with Gasteiger partial charge in [-0.05, 0) is 19.3 Å². The van der Waals surface area contributed by atoms with Gasteiger partial charge >= 0.3 is 0 Å². The van der Waals surface area contributed by atoms with Crippen LogP contribution in [0.4, 0.5) is 0 Å². The highest BCUT2D eigenvalue weighted by molar-refractivity contribution is 5.86. The van der Waals surface area contributed by atoms with Crippen LogP contribution in [0.25, 0.3) is 0 Å². The maximum Gasteiger partial charge on any atom is 0.242 e. The molecule has 0 radical (unpaired) electrons. The van der Waals surface area contributed by atoms with Crippen molar-refractivity contribution in [2.24, 2.45) is 0 Å². The lowest BCUT2D eigenvalue weighted by atomic mass is 10.1. The van der Waals surface area contributed by atoms with Gasteiger partial charge < -0.3 is 14.4 Å². The summed E-state index contributed by atoms with van der Waals surface area (Å²) in [6.07, 6.45) is 7.00. The van der Waals surface area contributed by atoms with Crippen molar-refractivity contribution in [3.05, 3.63) is 18.2 Å². The van der Waals surface area contributed by atoms with E-state index in [0.29, 0.717) is 13.0 Å². The average molecular weight is 290 g/mol. The molecule has 6 nitrogen and oxygen atoms in total. The zero-order chi connectivity index (χ0) is 14.8. The number of fused-ring (bicyclic) bond motifs is 1. The van der Waals surface area contributed by atoms with Crippen molar-refractivity contribution in [2.45, 2.75) is 45.2 Å². The Morgan fingerprint density at radius 2 is 2.19 bits per heavy atom. The minimum absolute atomic E-state index is 0.0210. The highest BCUT2D eigenvalue weighted by Gasteiger charge is 2.31. The molecule has 2 aliphatic rings. The third-order valence-electron chi connectivity index (χ3n) is 4.42. The van der Waals surface area contributed by atoms with Crippen LogP contribution >= 0.6 is 0 Å². The molecule has 2 amide bonds. The second-order valence-corrected chi connectivity index (χ2v) is 5.76. The molecule has 1 fully saturated rings. The van der Waals surface area contributed by atoms with Gasteiger partial charge in [0.15, 0.2) is 0 Å². The molecule has 0 spiro atoms. The van der Waals surface area contributed by atoms with E-state index in [-0.39, 0.29) is 24.4 Å². The zero-order valence-corrected chi connectivity index (χ0v) is 12.5. The standard InChI is InChI=1S/C15H22N4O2/c1-2-12-15-16-6-10-17(15)8-4-9-19(12)14(21)11-18-7-3-5-13(18)20/h6,10,12H,2-5,7-9,11H2,1H3. The van der Waals surface area contributed by atoms with Crippen molar-refractivity contribution in [2.75, 3.05) is 19.6 Å². The lowest BCUT2D eigenvalue weighted by Crippen LogP contribution is -2.42. The molecule has 0 bridgehead atoms. The summed E-state index contributed by atoms with van der Waals surface area (Å²) >= 11 is 0. The van der Waals surface area contributed by atoms with Gasteiger partial charge in [0, 0.05) is 38.4 Å². The molecule has 21 heavy (non-hydrogen) atoms. The van der Waals surface area contributed by atoms with Crippen molar-refractivity contribution in [1.29, 1.82) is 0 Å². The number of carbonyl (C=O) groups is 2. The van der Waals surface area contributed by atoms with Crippen LogP contribution in [0.3, 0.4) is 0 Å². The smallest absolute Gasteiger partial charge is 0.242 e. The van der Waals surface area contributed by atoms with E-state index in [1.807, 2.05) is 11.1 Å². The van der Waals surface area contributed by atoms with Crippen LogP contribution in [-0.4, -0.2) is 50.8 Å². The Hall–Kier alpha value is -1.85. The van der Waals surface area contributed by atoms with Gasteiger partial charge in [0.1, 0.15) is 5.82 Å². The van der Waals surface area contributed by atoms with Crippen molar-refractivity contribution in [1.82, 2.24) is 19.4 Å². The number of carbonyl (C=O) groups excluding carboxylic acids is 2. The number of hydrogen-bond donors (Lipinski definition) is 0. The summed E-state index contributed by atoms with van der Waals surface area (Å²) in [5, 5.41) is 0. The van der Waals surface area contributed by atoms with Gasteiger partial charge in [-0.25, -0.2) is 4.98 Å². The van der Waals surface area contributed by atoms with Gasteiger partial charge in [-0.15, -0.1) is 0 Å². The van der Waals surface area contributed by atoms with Crippen molar-refractivity contribution >= 4 is 11.8 Å². The van der Waals surface area contributed by atoms with Crippen LogP contribution in [0.2, 0.25) is 0 Å². The molecule has 1 aromatic heterocycles. The number of amides is 2. The first-order valence-electron chi connectivity index (χ1n) is 7.79. The lowest BCUT2D eigenvalue weighted by Gasteiger charge is -2.30. The van der Waals surface area contributed by atoms with Crippen LogP contribution in [0.5, 0.6) is 0 Å². The summed E-state index contributed by atoms with van der Waals surface area (Å²) < 4.78 is 2.14. The molecule has 2 aliphatic heterocycles. The van der Waals surface area contributed by atoms with E-state index in [1.54, 1.807) is 11.1 Å². The molecule has 1 atom stereocenters. The predicted molar refractivity (Wildman–Crippen MR) is 77.4 cm³/mol. The normalized spacial score (nSPS) is 22.3. The number of rotatable bonds is 3. The fraction of sp³-hybridized carbons (Fsp3) is 0.667. The lowest BCUT2D eigenvalue weighted by molar-refractivity contribution is -0.140. The number of hydrogen-bond acceptors (Lipinski definition) is 3. The van der Waals surface area contributed by atoms with E-state index in [1.165, 1.54) is 0 Å². The number of aromatic nitrogens is 2. The van der Waals surface area contributed by atoms with E-state index in [4.69, 9.17) is 0 Å². The summed E-state index contributed by atoms with van der Waals surface area (Å²) in [5.41, 5.74) is 0. The first-order valence-corrected chi connectivity index (χ1v) is 7.79. The van der Waals surface area contributed by atoms with Gasteiger partial charge in [-0.1, -0.05) is 6.92 Å². The molecule has 114 valence electrons. The Morgan fingerprint density at radius 3 is 2.90 bits per heavy atom. The number of likely N-dealkylation sites (tertiary alicyclic amines) is 1. The SMILES string of the molecule is CCC1c2nccn2CCCN1C(=O)CN1CCCC1=O. The summed E-state index contributed by atoms with van der Waals surface area (Å²) in [4.78, 5) is 32.4. The highest BCUT2D eigenvalue weighted by Crippen LogP contribution is 2.26. The zero-order valence-electron chi connectivity index (χ0n) is 12.5. The maximum absolute atomic E-state index is 12.6. The molecule has 0 aliphatic carbocycles. The predicted octanol–water partition coefficient (Wildman–Crippen LogP) is 1.19. The molecule has 1 aromatic rings. The molecule has 3 rings (SSSR count). The Labute approximate surface area is 124 Å². The second kappa shape index (κ2) is 5.87. The summed E-state index contributed by atoms with van der Waals surface area (Å²) in [6, 6.07) is 0.0210. The highest BCUT2D eigenvalue weighted by atomic mass is 16.2. The molecule has 0 N–H and O–H groups in total. The number of imidazole rings is 1. The topological polar surface area (TPSA) is 58.4 Å². The molecule has 1 saturated heterocycles. The fourth-order valence-corrected chi connectivity index (χ4v) is 3.34. The Balaban J connectivity index is 1.76. The first kappa shape index (κ1) is 14.1. The molecule has 6 heteroatoms. The van der Waals surface area contributed by atoms with E-state index in [9.17, 15) is 9.59 Å². The van der Waals surface area contributed by atoms with E-state index in [2.05, 4.69) is 16.5 Å². The van der Waals surface area contributed by atoms with Crippen LogP contribution in [0.1, 0.15) is 44.5 Å². The van der Waals surface area contributed by atoms with Crippen LogP contribution in [0, 0.1) is 0 Å². The molecular weight excluding hydrogens is 268 g/mol. The quantitative estimate of drug-likeness (QED) is 0.840. The fourth-order valence-electron chi connectivity index (χ4n) is 3.34. The van der Waals surface area contributed by atoms with E-state index < -0.39 is 0 Å². The van der Waals surface area contributed by atoms with Gasteiger partial charge in [-0.3, -0.25) is 9.59 Å². The Kier molecular flexibility index (Phi) is 3.94. The van der Waals surface area contributed by atoms with E-state index in [0.717, 1.165) is 38.2 Å². The van der Waals surface area contributed by atoms with E-state index >= 15 is 0 Å². The third kappa shape index (κ3) is 2.66. The minimum Gasteiger partial charge on any atom is -0.333 e. The monoisotopic (exact) mass is 290 g/mol. The van der Waals surface area contributed by atoms with Crippen molar-refractivity contribution in [3.63, 3.8) is 0 Å². The largest absolute Gasteiger partial charge is 0.333 e. The Bertz CT molecular complexity index is 540. The molecule has 0 aromatic carbocycles. The summed E-state index contributed by atoms with van der Waals surface area (Å²) in [6.45, 7) is 4.65. The maximum atomic E-state index is 12.6. The summed E-state index contributed by atoms with van der Waals surface area (Å²) in [5.74, 6) is 1.12. The Morgan fingerprint density at radius 1 is 1.33 bits per heavy atom. The van der Waals surface area contributed by atoms with Crippen LogP contribution < -0.4 is 0 Å². The molecule has 3 heterocycles. The van der Waals surface area contributed by atoms with Gasteiger partial charge in [0.05, 0.1) is 12.6 Å². The van der Waals surface area contributed by atoms with Gasteiger partial charge in [-0.2, -0.15) is 0 Å². The molecule has 0 saturated carbocycles. The van der Waals surface area contributed by atoms with Crippen LogP contribution in [0.15, 0.2) is 12.4 Å². The summed E-state index contributed by atoms with van der Waals surface area (Å²) in [7, 11) is 0. The first-order chi connectivity index (χ1) is 10.2. The van der Waals surface area contributed by atoms with Crippen LogP contribution in [-0.2, 0) is 16.1 Å².